The van der Waals surface area contributed by atoms with Crippen molar-refractivity contribution >= 4 is 11.9 Å². The largest absolute Gasteiger partial charge is 0.478 e. The van der Waals surface area contributed by atoms with E-state index >= 15 is 0 Å². The highest BCUT2D eigenvalue weighted by Gasteiger charge is 2.15. The maximum Gasteiger partial charge on any atom is 0.335 e. The summed E-state index contributed by atoms with van der Waals surface area (Å²) in [6.45, 7) is 0. The van der Waals surface area contributed by atoms with E-state index < -0.39 is 18.0 Å². The standard InChI is InChI=1S/C17H18N2O4/c1-18-16(21)15-9-12(17(22)23)8-13(19-15)10-14(20)7-11-5-3-2-4-6-11/h2-6,8-9,14,20H,7,10H2,1H3,(H,18,21)(H,22,23)/t14-/m1/s1. The Morgan fingerprint density at radius 1 is 1.17 bits per heavy atom. The Morgan fingerprint density at radius 3 is 2.48 bits per heavy atom. The van der Waals surface area contributed by atoms with Gasteiger partial charge in [-0.15, -0.1) is 0 Å². The predicted molar refractivity (Wildman–Crippen MR) is 84.4 cm³/mol. The zero-order valence-corrected chi connectivity index (χ0v) is 12.7. The van der Waals surface area contributed by atoms with E-state index in [1.165, 1.54) is 19.2 Å². The van der Waals surface area contributed by atoms with Crippen molar-refractivity contribution in [2.24, 2.45) is 0 Å². The van der Waals surface area contributed by atoms with E-state index in [2.05, 4.69) is 10.3 Å². The number of rotatable bonds is 6. The van der Waals surface area contributed by atoms with Crippen molar-refractivity contribution in [3.05, 3.63) is 65.0 Å². The molecule has 0 aliphatic heterocycles. The first-order valence-corrected chi connectivity index (χ1v) is 7.18. The number of carboxylic acids is 1. The van der Waals surface area contributed by atoms with Crippen molar-refractivity contribution in [3.8, 4) is 0 Å². The number of aliphatic hydroxyl groups excluding tert-OH is 1. The maximum absolute atomic E-state index is 11.7. The van der Waals surface area contributed by atoms with Crippen LogP contribution < -0.4 is 5.32 Å². The van der Waals surface area contributed by atoms with Gasteiger partial charge in [-0.3, -0.25) is 4.79 Å². The van der Waals surface area contributed by atoms with Gasteiger partial charge in [0.15, 0.2) is 0 Å². The lowest BCUT2D eigenvalue weighted by Crippen LogP contribution is -2.22. The quantitative estimate of drug-likeness (QED) is 0.746. The zero-order chi connectivity index (χ0) is 16.8. The molecule has 1 aromatic carbocycles. The van der Waals surface area contributed by atoms with Crippen LogP contribution in [0.5, 0.6) is 0 Å². The summed E-state index contributed by atoms with van der Waals surface area (Å²) in [6.07, 6.45) is -0.124. The van der Waals surface area contributed by atoms with E-state index in [0.717, 1.165) is 5.56 Å². The molecule has 1 atom stereocenters. The maximum atomic E-state index is 11.7. The molecule has 23 heavy (non-hydrogen) atoms. The Hall–Kier alpha value is -2.73. The first-order chi connectivity index (χ1) is 11.0. The molecule has 6 heteroatoms. The summed E-state index contributed by atoms with van der Waals surface area (Å²) in [5.74, 6) is -1.61. The average molecular weight is 314 g/mol. The number of hydrogen-bond acceptors (Lipinski definition) is 4. The van der Waals surface area contributed by atoms with Crippen LogP contribution in [0.25, 0.3) is 0 Å². The molecule has 1 amide bonds. The Morgan fingerprint density at radius 2 is 1.87 bits per heavy atom. The van der Waals surface area contributed by atoms with Gasteiger partial charge >= 0.3 is 5.97 Å². The second kappa shape index (κ2) is 7.51. The topological polar surface area (TPSA) is 99.5 Å². The minimum Gasteiger partial charge on any atom is -0.478 e. The molecule has 0 saturated heterocycles. The van der Waals surface area contributed by atoms with E-state index in [1.807, 2.05) is 30.3 Å². The smallest absolute Gasteiger partial charge is 0.335 e. The summed E-state index contributed by atoms with van der Waals surface area (Å²) in [7, 11) is 1.45. The molecule has 0 spiro atoms. The third-order valence-electron chi connectivity index (χ3n) is 3.34. The van der Waals surface area contributed by atoms with Crippen LogP contribution in [0.1, 0.15) is 32.1 Å². The lowest BCUT2D eigenvalue weighted by atomic mass is 10.0. The Balaban J connectivity index is 2.19. The van der Waals surface area contributed by atoms with Crippen molar-refractivity contribution < 1.29 is 19.8 Å². The van der Waals surface area contributed by atoms with Crippen molar-refractivity contribution in [2.75, 3.05) is 7.05 Å². The Kier molecular flexibility index (Phi) is 5.43. The summed E-state index contributed by atoms with van der Waals surface area (Å²) in [5, 5.41) is 21.7. The van der Waals surface area contributed by atoms with Gasteiger partial charge in [0.1, 0.15) is 5.69 Å². The molecular weight excluding hydrogens is 296 g/mol. The highest BCUT2D eigenvalue weighted by Crippen LogP contribution is 2.12. The molecule has 0 fully saturated rings. The average Bonchev–Trinajstić information content (AvgIpc) is 2.54. The van der Waals surface area contributed by atoms with Gasteiger partial charge in [-0.2, -0.15) is 0 Å². The molecule has 0 bridgehead atoms. The Labute approximate surface area is 133 Å². The van der Waals surface area contributed by atoms with Gasteiger partial charge in [-0.05, 0) is 24.1 Å². The second-order valence-electron chi connectivity index (χ2n) is 5.16. The van der Waals surface area contributed by atoms with E-state index in [-0.39, 0.29) is 17.7 Å². The summed E-state index contributed by atoms with van der Waals surface area (Å²) in [4.78, 5) is 27.0. The van der Waals surface area contributed by atoms with Gasteiger partial charge in [0.25, 0.3) is 5.91 Å². The van der Waals surface area contributed by atoms with Crippen LogP contribution >= 0.6 is 0 Å². The normalized spacial score (nSPS) is 11.7. The SMILES string of the molecule is CNC(=O)c1cc(C(=O)O)cc(C[C@H](O)Cc2ccccc2)n1. The van der Waals surface area contributed by atoms with Crippen LogP contribution in [0, 0.1) is 0 Å². The number of benzene rings is 1. The van der Waals surface area contributed by atoms with Crippen molar-refractivity contribution in [2.45, 2.75) is 18.9 Å². The first kappa shape index (κ1) is 16.6. The molecule has 120 valence electrons. The van der Waals surface area contributed by atoms with Crippen LogP contribution in [0.4, 0.5) is 0 Å². The van der Waals surface area contributed by atoms with Gasteiger partial charge in [0.05, 0.1) is 11.7 Å². The first-order valence-electron chi connectivity index (χ1n) is 7.18. The molecular formula is C17H18N2O4. The number of hydrogen-bond donors (Lipinski definition) is 3. The number of amides is 1. The fourth-order valence-electron chi connectivity index (χ4n) is 2.26. The van der Waals surface area contributed by atoms with Gasteiger partial charge < -0.3 is 15.5 Å². The molecule has 0 unspecified atom stereocenters. The number of nitrogens with one attached hydrogen (secondary N) is 1. The third kappa shape index (κ3) is 4.62. The number of carboxylic acid groups (broad SMARTS) is 1. The summed E-state index contributed by atoms with van der Waals surface area (Å²) >= 11 is 0. The van der Waals surface area contributed by atoms with Crippen LogP contribution in [0.2, 0.25) is 0 Å². The van der Waals surface area contributed by atoms with E-state index in [4.69, 9.17) is 5.11 Å². The van der Waals surface area contributed by atoms with Crippen LogP contribution in [-0.2, 0) is 12.8 Å². The highest BCUT2D eigenvalue weighted by atomic mass is 16.4. The van der Waals surface area contributed by atoms with Crippen LogP contribution in [0.15, 0.2) is 42.5 Å². The molecule has 2 rings (SSSR count). The van der Waals surface area contributed by atoms with E-state index in [0.29, 0.717) is 12.1 Å². The number of carbonyl (C=O) groups excluding carboxylic acids is 1. The molecule has 1 heterocycles. The molecule has 1 aromatic heterocycles. The lowest BCUT2D eigenvalue weighted by Gasteiger charge is -2.12. The fourth-order valence-corrected chi connectivity index (χ4v) is 2.26. The Bertz CT molecular complexity index is 701. The fraction of sp³-hybridized carbons (Fsp3) is 0.235. The van der Waals surface area contributed by atoms with Crippen LogP contribution in [0.3, 0.4) is 0 Å². The van der Waals surface area contributed by atoms with Crippen molar-refractivity contribution in [1.82, 2.24) is 10.3 Å². The number of aromatic nitrogens is 1. The number of aliphatic hydroxyl groups is 1. The third-order valence-corrected chi connectivity index (χ3v) is 3.34. The van der Waals surface area contributed by atoms with Gasteiger partial charge in [0.2, 0.25) is 0 Å². The second-order valence-corrected chi connectivity index (χ2v) is 5.16. The minimum atomic E-state index is -1.14. The number of nitrogens with zero attached hydrogens (tertiary/aromatic N) is 1. The molecule has 0 saturated carbocycles. The van der Waals surface area contributed by atoms with Gasteiger partial charge in [0, 0.05) is 19.2 Å². The van der Waals surface area contributed by atoms with Crippen molar-refractivity contribution in [1.29, 1.82) is 0 Å². The molecule has 2 aromatic rings. The van der Waals surface area contributed by atoms with Gasteiger partial charge in [-0.1, -0.05) is 30.3 Å². The number of aromatic carboxylic acids is 1. The monoisotopic (exact) mass is 314 g/mol. The number of pyridine rings is 1. The number of carbonyl (C=O) groups is 2. The van der Waals surface area contributed by atoms with Crippen molar-refractivity contribution in [3.63, 3.8) is 0 Å². The minimum absolute atomic E-state index is 0.0225. The van der Waals surface area contributed by atoms with Gasteiger partial charge in [-0.25, -0.2) is 9.78 Å². The molecule has 3 N–H and O–H groups in total. The summed E-state index contributed by atoms with van der Waals surface area (Å²) in [6, 6.07) is 12.1. The highest BCUT2D eigenvalue weighted by molar-refractivity contribution is 5.95. The predicted octanol–water partition coefficient (Wildman–Crippen LogP) is 1.29. The van der Waals surface area contributed by atoms with Crippen LogP contribution in [-0.4, -0.2) is 40.2 Å². The molecule has 6 nitrogen and oxygen atoms in total. The summed E-state index contributed by atoms with van der Waals surface area (Å²) < 4.78 is 0. The van der Waals surface area contributed by atoms with E-state index in [1.54, 1.807) is 0 Å². The summed E-state index contributed by atoms with van der Waals surface area (Å²) in [5.41, 5.74) is 1.34. The molecule has 0 aliphatic carbocycles. The molecule has 0 aliphatic rings. The lowest BCUT2D eigenvalue weighted by molar-refractivity contribution is 0.0696. The zero-order valence-electron chi connectivity index (χ0n) is 12.7. The van der Waals surface area contributed by atoms with E-state index in [9.17, 15) is 14.7 Å². The molecule has 0 radical (unpaired) electrons.